The van der Waals surface area contributed by atoms with Crippen LogP contribution in [0.5, 0.6) is 11.5 Å². The van der Waals surface area contributed by atoms with Crippen LogP contribution >= 0.6 is 0 Å². The van der Waals surface area contributed by atoms with Gasteiger partial charge in [0.1, 0.15) is 31.0 Å². The van der Waals surface area contributed by atoms with Gasteiger partial charge in [0.2, 0.25) is 0 Å². The molecule has 0 bridgehead atoms. The molecule has 31 heavy (non-hydrogen) atoms. The topological polar surface area (TPSA) is 86.2 Å². The summed E-state index contributed by atoms with van der Waals surface area (Å²) in [5, 5.41) is 6.85. The normalized spacial score (nSPS) is 15.5. The predicted octanol–water partition coefficient (Wildman–Crippen LogP) is 4.12. The zero-order valence-corrected chi connectivity index (χ0v) is 17.8. The summed E-state index contributed by atoms with van der Waals surface area (Å²) in [5.74, 6) is 1.85. The molecule has 1 unspecified atom stereocenters. The molecule has 1 aliphatic carbocycles. The van der Waals surface area contributed by atoms with Gasteiger partial charge in [-0.05, 0) is 24.0 Å². The lowest BCUT2D eigenvalue weighted by Crippen LogP contribution is -2.23. The number of hydrogen-bond donors (Lipinski definition) is 1. The Hall–Kier alpha value is -3.61. The first-order chi connectivity index (χ1) is 15.0. The van der Waals surface area contributed by atoms with Crippen molar-refractivity contribution < 1.29 is 14.3 Å². The number of benzene rings is 1. The molecule has 1 N–H and O–H groups in total. The van der Waals surface area contributed by atoms with E-state index in [9.17, 15) is 9.59 Å². The molecular formula is C24H27N3O4. The van der Waals surface area contributed by atoms with Crippen LogP contribution in [0.1, 0.15) is 37.8 Å². The molecule has 3 rings (SSSR count). The van der Waals surface area contributed by atoms with Gasteiger partial charge in [0, 0.05) is 11.6 Å². The van der Waals surface area contributed by atoms with E-state index in [1.165, 1.54) is 0 Å². The zero-order chi connectivity index (χ0) is 22.4. The second kappa shape index (κ2) is 9.93. The summed E-state index contributed by atoms with van der Waals surface area (Å²) in [5.41, 5.74) is 1.90. The summed E-state index contributed by atoms with van der Waals surface area (Å²) in [7, 11) is 0. The molecule has 0 fully saturated rings. The molecule has 1 aliphatic rings. The number of aldehydes is 1. The number of carbonyl (C=O) groups excluding carboxylic acids is 1. The first-order valence-corrected chi connectivity index (χ1v) is 10.2. The molecule has 0 aliphatic heterocycles. The Kier molecular flexibility index (Phi) is 7.07. The highest BCUT2D eigenvalue weighted by atomic mass is 16.5. The van der Waals surface area contributed by atoms with Crippen molar-refractivity contribution in [3.05, 3.63) is 77.3 Å². The lowest BCUT2D eigenvalue weighted by molar-refractivity contribution is -0.104. The lowest BCUT2D eigenvalue weighted by Gasteiger charge is -2.21. The van der Waals surface area contributed by atoms with E-state index in [2.05, 4.69) is 37.2 Å². The largest absolute Gasteiger partial charge is 0.489 e. The number of rotatable bonds is 10. The Morgan fingerprint density at radius 1 is 1.23 bits per heavy atom. The molecular weight excluding hydrogens is 394 g/mol. The van der Waals surface area contributed by atoms with Crippen LogP contribution in [0.3, 0.4) is 0 Å². The van der Waals surface area contributed by atoms with Crippen LogP contribution in [0.4, 0.5) is 0 Å². The average molecular weight is 421 g/mol. The smallest absolute Gasteiger partial charge is 0.344 e. The van der Waals surface area contributed by atoms with Crippen LogP contribution in [-0.2, 0) is 4.79 Å². The first-order valence-electron chi connectivity index (χ1n) is 10.2. The van der Waals surface area contributed by atoms with Gasteiger partial charge in [-0.15, -0.1) is 0 Å². The standard InChI is InChI=1S/C24H27N3O4/c1-5-11-30-21-14-22(31-12-6-2)20(13-19(21)16(3)4)23-25-26-24(29)27(23)18-9-7-17(15-28)8-10-18/h5-9,13-16,18H,1-2,10-12H2,3-4H3,(H,26,29). The summed E-state index contributed by atoms with van der Waals surface area (Å²) in [6.07, 6.45) is 10.00. The molecule has 0 amide bonds. The quantitative estimate of drug-likeness (QED) is 0.461. The number of aromatic amines is 1. The average Bonchev–Trinajstić information content (AvgIpc) is 3.16. The van der Waals surface area contributed by atoms with E-state index in [4.69, 9.17) is 9.47 Å². The number of carbonyl (C=O) groups is 1. The van der Waals surface area contributed by atoms with Crippen molar-refractivity contribution in [2.45, 2.75) is 32.2 Å². The zero-order valence-electron chi connectivity index (χ0n) is 17.8. The lowest BCUT2D eigenvalue weighted by atomic mass is 9.97. The van der Waals surface area contributed by atoms with Crippen molar-refractivity contribution in [2.24, 2.45) is 0 Å². The molecule has 1 aromatic carbocycles. The molecule has 0 saturated heterocycles. The van der Waals surface area contributed by atoms with Gasteiger partial charge in [0.15, 0.2) is 5.82 Å². The van der Waals surface area contributed by atoms with Crippen molar-refractivity contribution >= 4 is 6.29 Å². The molecule has 7 nitrogen and oxygen atoms in total. The number of aromatic nitrogens is 3. The predicted molar refractivity (Wildman–Crippen MR) is 121 cm³/mol. The molecule has 2 aromatic rings. The fourth-order valence-electron chi connectivity index (χ4n) is 3.45. The first kappa shape index (κ1) is 22.1. The number of ether oxygens (including phenoxy) is 2. The van der Waals surface area contributed by atoms with E-state index in [0.29, 0.717) is 48.1 Å². The third-order valence-electron chi connectivity index (χ3n) is 4.97. The molecule has 0 radical (unpaired) electrons. The van der Waals surface area contributed by atoms with Gasteiger partial charge < -0.3 is 9.47 Å². The van der Waals surface area contributed by atoms with Crippen LogP contribution in [0, 0.1) is 0 Å². The third kappa shape index (κ3) is 4.77. The molecule has 1 heterocycles. The highest BCUT2D eigenvalue weighted by Crippen LogP contribution is 2.39. The van der Waals surface area contributed by atoms with E-state index < -0.39 is 0 Å². The molecule has 0 spiro atoms. The highest BCUT2D eigenvalue weighted by molar-refractivity contribution is 5.78. The van der Waals surface area contributed by atoms with E-state index in [-0.39, 0.29) is 17.6 Å². The fraction of sp³-hybridized carbons (Fsp3) is 0.292. The molecule has 162 valence electrons. The van der Waals surface area contributed by atoms with Gasteiger partial charge in [-0.3, -0.25) is 9.36 Å². The molecule has 1 aromatic heterocycles. The van der Waals surface area contributed by atoms with E-state index >= 15 is 0 Å². The monoisotopic (exact) mass is 421 g/mol. The van der Waals surface area contributed by atoms with Crippen LogP contribution in [-0.4, -0.2) is 34.3 Å². The summed E-state index contributed by atoms with van der Waals surface area (Å²) in [6, 6.07) is 3.51. The Balaban J connectivity index is 2.14. The van der Waals surface area contributed by atoms with Gasteiger partial charge >= 0.3 is 5.69 Å². The van der Waals surface area contributed by atoms with E-state index in [1.54, 1.807) is 22.8 Å². The summed E-state index contributed by atoms with van der Waals surface area (Å²) in [6.45, 7) is 12.2. The summed E-state index contributed by atoms with van der Waals surface area (Å²) in [4.78, 5) is 23.7. The van der Waals surface area contributed by atoms with Crippen molar-refractivity contribution in [3.63, 3.8) is 0 Å². The number of H-pyrrole nitrogens is 1. The van der Waals surface area contributed by atoms with Gasteiger partial charge in [-0.25, -0.2) is 9.89 Å². The Morgan fingerprint density at radius 3 is 2.52 bits per heavy atom. The van der Waals surface area contributed by atoms with Crippen LogP contribution in [0.25, 0.3) is 11.4 Å². The maximum Gasteiger partial charge on any atom is 0.344 e. The Labute approximate surface area is 181 Å². The third-order valence-corrected chi connectivity index (χ3v) is 4.97. The molecule has 7 heteroatoms. The van der Waals surface area contributed by atoms with Gasteiger partial charge in [-0.1, -0.05) is 57.4 Å². The maximum atomic E-state index is 12.6. The van der Waals surface area contributed by atoms with E-state index in [1.807, 2.05) is 24.3 Å². The minimum Gasteiger partial charge on any atom is -0.489 e. The van der Waals surface area contributed by atoms with Crippen molar-refractivity contribution in [1.82, 2.24) is 14.8 Å². The second-order valence-corrected chi connectivity index (χ2v) is 7.45. The van der Waals surface area contributed by atoms with Crippen molar-refractivity contribution in [1.29, 1.82) is 0 Å². The minimum absolute atomic E-state index is 0.166. The number of nitrogens with one attached hydrogen (secondary N) is 1. The SMILES string of the molecule is C=CCOc1cc(OCC=C)c(C(C)C)cc1-c1n[nH]c(=O)n1C1C=CC(C=O)=CC1. The second-order valence-electron chi connectivity index (χ2n) is 7.45. The Bertz CT molecular complexity index is 1090. The highest BCUT2D eigenvalue weighted by Gasteiger charge is 2.24. The van der Waals surface area contributed by atoms with Crippen LogP contribution < -0.4 is 15.2 Å². The van der Waals surface area contributed by atoms with E-state index in [0.717, 1.165) is 11.8 Å². The summed E-state index contributed by atoms with van der Waals surface area (Å²) < 4.78 is 13.4. The van der Waals surface area contributed by atoms with Gasteiger partial charge in [0.25, 0.3) is 0 Å². The van der Waals surface area contributed by atoms with Gasteiger partial charge in [-0.2, -0.15) is 5.10 Å². The maximum absolute atomic E-state index is 12.6. The summed E-state index contributed by atoms with van der Waals surface area (Å²) >= 11 is 0. The molecule has 0 saturated carbocycles. The van der Waals surface area contributed by atoms with Crippen molar-refractivity contribution in [3.8, 4) is 22.9 Å². The van der Waals surface area contributed by atoms with Crippen LogP contribution in [0.15, 0.2) is 66.0 Å². The van der Waals surface area contributed by atoms with Crippen molar-refractivity contribution in [2.75, 3.05) is 13.2 Å². The Morgan fingerprint density at radius 2 is 1.94 bits per heavy atom. The number of hydrogen-bond acceptors (Lipinski definition) is 5. The van der Waals surface area contributed by atoms with Crippen LogP contribution in [0.2, 0.25) is 0 Å². The van der Waals surface area contributed by atoms with Gasteiger partial charge in [0.05, 0.1) is 11.6 Å². The fourth-order valence-corrected chi connectivity index (χ4v) is 3.45. The minimum atomic E-state index is -0.333. The molecule has 1 atom stereocenters. The number of allylic oxidation sites excluding steroid dienone is 4. The number of nitrogens with zero attached hydrogens (tertiary/aromatic N) is 2.